The van der Waals surface area contributed by atoms with Crippen LogP contribution in [0.1, 0.15) is 52.5 Å². The number of nitrogens with zero attached hydrogens (tertiary/aromatic N) is 2. The van der Waals surface area contributed by atoms with Crippen molar-refractivity contribution in [3.63, 3.8) is 0 Å². The number of carbonyl (C=O) groups is 2. The van der Waals surface area contributed by atoms with Gasteiger partial charge in [-0.05, 0) is 63.4 Å². The molecule has 0 aliphatic heterocycles. The van der Waals surface area contributed by atoms with Gasteiger partial charge in [-0.25, -0.2) is 12.8 Å². The fourth-order valence-electron chi connectivity index (χ4n) is 3.94. The predicted molar refractivity (Wildman–Crippen MR) is 143 cm³/mol. The van der Waals surface area contributed by atoms with Crippen LogP contribution in [0.15, 0.2) is 48.5 Å². The van der Waals surface area contributed by atoms with Gasteiger partial charge in [-0.3, -0.25) is 13.9 Å². The lowest BCUT2D eigenvalue weighted by Crippen LogP contribution is -2.53. The number of hydrogen-bond acceptors (Lipinski definition) is 5. The molecule has 1 N–H and O–H groups in total. The number of anilines is 1. The van der Waals surface area contributed by atoms with Gasteiger partial charge >= 0.3 is 0 Å². The molecule has 204 valence electrons. The first-order valence-corrected chi connectivity index (χ1v) is 14.1. The van der Waals surface area contributed by atoms with Crippen molar-refractivity contribution in [2.45, 2.75) is 65.1 Å². The first-order chi connectivity index (χ1) is 17.3. The van der Waals surface area contributed by atoms with E-state index in [4.69, 9.17) is 4.74 Å². The van der Waals surface area contributed by atoms with E-state index in [0.717, 1.165) is 16.1 Å². The summed E-state index contributed by atoms with van der Waals surface area (Å²) >= 11 is 0. The Balaban J connectivity index is 2.25. The summed E-state index contributed by atoms with van der Waals surface area (Å²) in [5.74, 6) is -0.548. The van der Waals surface area contributed by atoms with Crippen molar-refractivity contribution < 1.29 is 27.1 Å². The lowest BCUT2D eigenvalue weighted by atomic mass is 10.0. The molecule has 10 heteroatoms. The number of benzene rings is 2. The minimum atomic E-state index is -3.78. The average Bonchev–Trinajstić information content (AvgIpc) is 2.80. The molecule has 0 aromatic heterocycles. The summed E-state index contributed by atoms with van der Waals surface area (Å²) in [6, 6.07) is 12.1. The molecule has 0 aliphatic carbocycles. The second kappa shape index (κ2) is 12.9. The van der Waals surface area contributed by atoms with Gasteiger partial charge in [0.2, 0.25) is 21.8 Å². The molecule has 0 saturated carbocycles. The van der Waals surface area contributed by atoms with Crippen LogP contribution in [0.3, 0.4) is 0 Å². The largest absolute Gasteiger partial charge is 0.497 e. The standard InChI is InChI=1S/C27H38FN3O5S/c1-7-23(26(33)29-27(2,3)4)30(19-20-14-16-21(36-5)17-15-20)25(32)13-10-18-31(37(6,34)35)24-12-9-8-11-22(24)28/h8-9,11-12,14-17,23H,7,10,13,18-19H2,1-6H3,(H,29,33)/t23-/m1/s1. The summed E-state index contributed by atoms with van der Waals surface area (Å²) in [4.78, 5) is 28.1. The van der Waals surface area contributed by atoms with E-state index in [-0.39, 0.29) is 43.4 Å². The molecule has 1 atom stereocenters. The molecular formula is C27H38FN3O5S. The summed E-state index contributed by atoms with van der Waals surface area (Å²) in [6.07, 6.45) is 1.53. The maximum atomic E-state index is 14.3. The number of sulfonamides is 1. The Morgan fingerprint density at radius 3 is 2.22 bits per heavy atom. The fraction of sp³-hybridized carbons (Fsp3) is 0.481. The van der Waals surface area contributed by atoms with Crippen molar-refractivity contribution in [1.29, 1.82) is 0 Å². The molecule has 0 unspecified atom stereocenters. The molecule has 2 rings (SSSR count). The van der Waals surface area contributed by atoms with Crippen molar-refractivity contribution >= 4 is 27.5 Å². The number of amides is 2. The molecule has 0 saturated heterocycles. The maximum Gasteiger partial charge on any atom is 0.243 e. The van der Waals surface area contributed by atoms with Crippen LogP contribution in [-0.4, -0.2) is 56.6 Å². The number of ether oxygens (including phenoxy) is 1. The van der Waals surface area contributed by atoms with E-state index >= 15 is 0 Å². The van der Waals surface area contributed by atoms with Crippen LogP contribution in [0.5, 0.6) is 5.75 Å². The molecule has 0 spiro atoms. The van der Waals surface area contributed by atoms with Crippen LogP contribution in [0.25, 0.3) is 0 Å². The normalized spacial score (nSPS) is 12.5. The SMILES string of the molecule is CC[C@H](C(=O)NC(C)(C)C)N(Cc1ccc(OC)cc1)C(=O)CCCN(c1ccccc1F)S(C)(=O)=O. The zero-order valence-corrected chi connectivity index (χ0v) is 23.3. The van der Waals surface area contributed by atoms with Gasteiger partial charge in [-0.2, -0.15) is 0 Å². The molecule has 0 heterocycles. The number of methoxy groups -OCH3 is 1. The van der Waals surface area contributed by atoms with E-state index in [1.165, 1.54) is 23.1 Å². The summed E-state index contributed by atoms with van der Waals surface area (Å²) in [5.41, 5.74) is 0.276. The van der Waals surface area contributed by atoms with Gasteiger partial charge in [0, 0.05) is 25.0 Å². The Labute approximate surface area is 219 Å². The van der Waals surface area contributed by atoms with E-state index in [1.54, 1.807) is 25.3 Å². The van der Waals surface area contributed by atoms with Crippen molar-refractivity contribution in [2.75, 3.05) is 24.2 Å². The average molecular weight is 536 g/mol. The van der Waals surface area contributed by atoms with E-state index < -0.39 is 27.4 Å². The van der Waals surface area contributed by atoms with Crippen LogP contribution in [0, 0.1) is 5.82 Å². The van der Waals surface area contributed by atoms with Crippen LogP contribution in [0.4, 0.5) is 10.1 Å². The number of para-hydroxylation sites is 1. The van der Waals surface area contributed by atoms with Crippen LogP contribution in [0.2, 0.25) is 0 Å². The van der Waals surface area contributed by atoms with E-state index in [0.29, 0.717) is 12.2 Å². The number of rotatable bonds is 12. The molecule has 0 fully saturated rings. The zero-order valence-electron chi connectivity index (χ0n) is 22.5. The van der Waals surface area contributed by atoms with E-state index in [1.807, 2.05) is 39.8 Å². The molecule has 37 heavy (non-hydrogen) atoms. The zero-order chi connectivity index (χ0) is 27.8. The highest BCUT2D eigenvalue weighted by molar-refractivity contribution is 7.92. The van der Waals surface area contributed by atoms with Gasteiger partial charge in [0.05, 0.1) is 19.1 Å². The lowest BCUT2D eigenvalue weighted by Gasteiger charge is -2.33. The molecule has 2 amide bonds. The summed E-state index contributed by atoms with van der Waals surface area (Å²) < 4.78 is 45.2. The number of carbonyl (C=O) groups excluding carboxylic acids is 2. The minimum Gasteiger partial charge on any atom is -0.497 e. The number of hydrogen-bond donors (Lipinski definition) is 1. The van der Waals surface area contributed by atoms with Gasteiger partial charge in [-0.15, -0.1) is 0 Å². The molecule has 0 bridgehead atoms. The molecule has 2 aromatic rings. The predicted octanol–water partition coefficient (Wildman–Crippen LogP) is 4.10. The number of nitrogens with one attached hydrogen (secondary N) is 1. The Bertz CT molecular complexity index is 1160. The highest BCUT2D eigenvalue weighted by atomic mass is 32.2. The van der Waals surface area contributed by atoms with E-state index in [2.05, 4.69) is 5.32 Å². The molecule has 0 aliphatic rings. The monoisotopic (exact) mass is 535 g/mol. The highest BCUT2D eigenvalue weighted by Gasteiger charge is 2.31. The quantitative estimate of drug-likeness (QED) is 0.442. The molecule has 0 radical (unpaired) electrons. The lowest BCUT2D eigenvalue weighted by molar-refractivity contribution is -0.142. The molecular weight excluding hydrogens is 497 g/mol. The number of halogens is 1. The topological polar surface area (TPSA) is 96.0 Å². The second-order valence-electron chi connectivity index (χ2n) is 9.92. The van der Waals surface area contributed by atoms with Crippen LogP contribution >= 0.6 is 0 Å². The van der Waals surface area contributed by atoms with Gasteiger partial charge in [0.1, 0.15) is 17.6 Å². The molecule has 8 nitrogen and oxygen atoms in total. The van der Waals surface area contributed by atoms with Gasteiger partial charge in [-0.1, -0.05) is 31.2 Å². The first kappa shape index (κ1) is 30.1. The van der Waals surface area contributed by atoms with Crippen LogP contribution < -0.4 is 14.4 Å². The van der Waals surface area contributed by atoms with Crippen LogP contribution in [-0.2, 0) is 26.2 Å². The van der Waals surface area contributed by atoms with Crippen molar-refractivity contribution in [2.24, 2.45) is 0 Å². The Morgan fingerprint density at radius 2 is 1.70 bits per heavy atom. The van der Waals surface area contributed by atoms with Gasteiger partial charge in [0.25, 0.3) is 0 Å². The third-order valence-electron chi connectivity index (χ3n) is 5.67. The first-order valence-electron chi connectivity index (χ1n) is 12.2. The second-order valence-corrected chi connectivity index (χ2v) is 11.8. The Morgan fingerprint density at radius 1 is 1.08 bits per heavy atom. The van der Waals surface area contributed by atoms with Gasteiger partial charge < -0.3 is 15.0 Å². The van der Waals surface area contributed by atoms with E-state index in [9.17, 15) is 22.4 Å². The smallest absolute Gasteiger partial charge is 0.243 e. The molecule has 2 aromatic carbocycles. The van der Waals surface area contributed by atoms with Gasteiger partial charge in [0.15, 0.2) is 0 Å². The minimum absolute atomic E-state index is 0.0179. The summed E-state index contributed by atoms with van der Waals surface area (Å²) in [7, 11) is -2.21. The van der Waals surface area contributed by atoms with Crippen molar-refractivity contribution in [3.05, 3.63) is 59.9 Å². The Hall–Kier alpha value is -3.14. The third kappa shape index (κ3) is 9.03. The summed E-state index contributed by atoms with van der Waals surface area (Å²) in [6.45, 7) is 7.57. The van der Waals surface area contributed by atoms with Crippen molar-refractivity contribution in [3.8, 4) is 5.75 Å². The maximum absolute atomic E-state index is 14.3. The third-order valence-corrected chi connectivity index (χ3v) is 6.85. The fourth-order valence-corrected chi connectivity index (χ4v) is 4.90. The summed E-state index contributed by atoms with van der Waals surface area (Å²) in [5, 5.41) is 2.95. The Kier molecular flexibility index (Phi) is 10.5. The van der Waals surface area contributed by atoms with Crippen molar-refractivity contribution in [1.82, 2.24) is 10.2 Å². The highest BCUT2D eigenvalue weighted by Crippen LogP contribution is 2.23.